The second kappa shape index (κ2) is 6.37. The highest BCUT2D eigenvalue weighted by atomic mass is 35.5. The van der Waals surface area contributed by atoms with Gasteiger partial charge in [-0.1, -0.05) is 54.1 Å². The molecule has 1 heterocycles. The van der Waals surface area contributed by atoms with Crippen LogP contribution in [0.15, 0.2) is 65.6 Å². The fourth-order valence-electron chi connectivity index (χ4n) is 3.07. The molecule has 0 atom stereocenters. The van der Waals surface area contributed by atoms with Crippen LogP contribution in [0, 0.1) is 0 Å². The Kier molecular flexibility index (Phi) is 4.06. The molecule has 0 radical (unpaired) electrons. The average Bonchev–Trinajstić information content (AvgIpc) is 3.43. The maximum absolute atomic E-state index is 12.3. The van der Waals surface area contributed by atoms with Gasteiger partial charge in [0.1, 0.15) is 0 Å². The topological polar surface area (TPSA) is 57.8 Å². The van der Waals surface area contributed by atoms with Gasteiger partial charge >= 0.3 is 0 Å². The molecule has 1 fully saturated rings. The highest BCUT2D eigenvalue weighted by molar-refractivity contribution is 6.30. The van der Waals surface area contributed by atoms with E-state index in [4.69, 9.17) is 11.6 Å². The number of halogens is 1. The number of nitrogens with zero attached hydrogens (tertiary/aromatic N) is 1. The summed E-state index contributed by atoms with van der Waals surface area (Å²) in [6.45, 7) is 0.690. The van der Waals surface area contributed by atoms with Crippen molar-refractivity contribution in [2.45, 2.75) is 18.3 Å². The van der Waals surface area contributed by atoms with Crippen LogP contribution in [0.25, 0.3) is 11.3 Å². The molecule has 0 unspecified atom stereocenters. The summed E-state index contributed by atoms with van der Waals surface area (Å²) >= 11 is 5.97. The van der Waals surface area contributed by atoms with E-state index in [1.807, 2.05) is 42.5 Å². The minimum atomic E-state index is -0.201. The van der Waals surface area contributed by atoms with Crippen LogP contribution in [0.1, 0.15) is 18.4 Å². The molecule has 25 heavy (non-hydrogen) atoms. The first-order valence-electron chi connectivity index (χ1n) is 8.31. The Morgan fingerprint density at radius 3 is 2.44 bits per heavy atom. The number of hydrogen-bond donors (Lipinski definition) is 2. The molecule has 0 spiro atoms. The zero-order valence-electron chi connectivity index (χ0n) is 13.6. The predicted octanol–water partition coefficient (Wildman–Crippen LogP) is 4.23. The molecule has 1 aromatic heterocycles. The minimum Gasteiger partial charge on any atom is -0.365 e. The fraction of sp³-hybridized carbons (Fsp3) is 0.200. The highest BCUT2D eigenvalue weighted by Gasteiger charge is 2.44. The minimum absolute atomic E-state index is 0.0802. The zero-order valence-corrected chi connectivity index (χ0v) is 14.4. The third-order valence-electron chi connectivity index (χ3n) is 4.78. The molecule has 1 aliphatic carbocycles. The van der Waals surface area contributed by atoms with E-state index < -0.39 is 0 Å². The van der Waals surface area contributed by atoms with E-state index in [0.717, 1.165) is 29.1 Å². The van der Waals surface area contributed by atoms with Gasteiger partial charge in [-0.3, -0.25) is 4.79 Å². The molecule has 0 saturated heterocycles. The SMILES string of the molecule is O=c1[nH]c(-c2ccccc2)cnc1NCC1(c2ccc(Cl)cc2)CC1. The standard InChI is InChI=1S/C20H18ClN3O/c21-16-8-6-15(7-9-16)20(10-11-20)13-23-18-19(25)24-17(12-22-18)14-4-2-1-3-5-14/h1-9,12H,10-11,13H2,(H,22,23)(H,24,25). The van der Waals surface area contributed by atoms with E-state index in [9.17, 15) is 4.79 Å². The van der Waals surface area contributed by atoms with Gasteiger partial charge in [0, 0.05) is 17.0 Å². The molecule has 5 heteroatoms. The first-order chi connectivity index (χ1) is 12.2. The third kappa shape index (κ3) is 3.30. The van der Waals surface area contributed by atoms with Crippen LogP contribution in [0.5, 0.6) is 0 Å². The van der Waals surface area contributed by atoms with Crippen molar-refractivity contribution < 1.29 is 0 Å². The quantitative estimate of drug-likeness (QED) is 0.723. The summed E-state index contributed by atoms with van der Waals surface area (Å²) in [6, 6.07) is 17.6. The second-order valence-electron chi connectivity index (χ2n) is 6.48. The van der Waals surface area contributed by atoms with Crippen LogP contribution in [-0.4, -0.2) is 16.5 Å². The fourth-order valence-corrected chi connectivity index (χ4v) is 3.19. The molecule has 1 aliphatic rings. The van der Waals surface area contributed by atoms with E-state index in [0.29, 0.717) is 12.4 Å². The Labute approximate surface area is 150 Å². The highest BCUT2D eigenvalue weighted by Crippen LogP contribution is 2.48. The Morgan fingerprint density at radius 2 is 1.80 bits per heavy atom. The van der Waals surface area contributed by atoms with Crippen LogP contribution in [0.3, 0.4) is 0 Å². The summed E-state index contributed by atoms with van der Waals surface area (Å²) in [5.41, 5.74) is 2.79. The van der Waals surface area contributed by atoms with Crippen molar-refractivity contribution in [3.8, 4) is 11.3 Å². The van der Waals surface area contributed by atoms with E-state index in [-0.39, 0.29) is 11.0 Å². The van der Waals surface area contributed by atoms with E-state index in [1.54, 1.807) is 6.20 Å². The molecule has 2 N–H and O–H groups in total. The number of nitrogens with one attached hydrogen (secondary N) is 2. The largest absolute Gasteiger partial charge is 0.365 e. The molecule has 3 aromatic rings. The monoisotopic (exact) mass is 351 g/mol. The van der Waals surface area contributed by atoms with Gasteiger partial charge in [0.25, 0.3) is 5.56 Å². The van der Waals surface area contributed by atoms with Gasteiger partial charge in [-0.2, -0.15) is 0 Å². The van der Waals surface area contributed by atoms with Crippen molar-refractivity contribution in [3.05, 3.63) is 81.7 Å². The number of aromatic amines is 1. The summed E-state index contributed by atoms with van der Waals surface area (Å²) in [7, 11) is 0. The van der Waals surface area contributed by atoms with Crippen LogP contribution in [0.4, 0.5) is 5.82 Å². The summed E-state index contributed by atoms with van der Waals surface area (Å²) < 4.78 is 0. The lowest BCUT2D eigenvalue weighted by Crippen LogP contribution is -2.24. The Balaban J connectivity index is 1.50. The van der Waals surface area contributed by atoms with Gasteiger partial charge in [0.15, 0.2) is 5.82 Å². The van der Waals surface area contributed by atoms with Crippen molar-refractivity contribution in [2.24, 2.45) is 0 Å². The number of rotatable bonds is 5. The molecule has 4 nitrogen and oxygen atoms in total. The number of anilines is 1. The van der Waals surface area contributed by atoms with Crippen LogP contribution in [-0.2, 0) is 5.41 Å². The van der Waals surface area contributed by atoms with Crippen molar-refractivity contribution >= 4 is 17.4 Å². The smallest absolute Gasteiger partial charge is 0.291 e. The molecule has 126 valence electrons. The molecular formula is C20H18ClN3O. The molecule has 0 bridgehead atoms. The van der Waals surface area contributed by atoms with Crippen molar-refractivity contribution in [3.63, 3.8) is 0 Å². The van der Waals surface area contributed by atoms with Crippen molar-refractivity contribution in [1.29, 1.82) is 0 Å². The van der Waals surface area contributed by atoms with Gasteiger partial charge in [-0.15, -0.1) is 0 Å². The maximum atomic E-state index is 12.3. The third-order valence-corrected chi connectivity index (χ3v) is 5.03. The zero-order chi connectivity index (χ0) is 17.3. The van der Waals surface area contributed by atoms with Crippen LogP contribution >= 0.6 is 11.6 Å². The second-order valence-corrected chi connectivity index (χ2v) is 6.92. The van der Waals surface area contributed by atoms with Crippen LogP contribution < -0.4 is 10.9 Å². The number of benzene rings is 2. The molecule has 0 amide bonds. The maximum Gasteiger partial charge on any atom is 0.291 e. The van der Waals surface area contributed by atoms with E-state index >= 15 is 0 Å². The number of hydrogen-bond acceptors (Lipinski definition) is 3. The summed E-state index contributed by atoms with van der Waals surface area (Å²) in [6.07, 6.45) is 3.89. The molecule has 1 saturated carbocycles. The summed E-state index contributed by atoms with van der Waals surface area (Å²) in [5.74, 6) is 0.361. The summed E-state index contributed by atoms with van der Waals surface area (Å²) in [5, 5.41) is 3.96. The van der Waals surface area contributed by atoms with Crippen LogP contribution in [0.2, 0.25) is 5.02 Å². The number of H-pyrrole nitrogens is 1. The Hall–Kier alpha value is -2.59. The normalized spacial score (nSPS) is 14.9. The Bertz CT molecular complexity index is 931. The lowest BCUT2D eigenvalue weighted by Gasteiger charge is -2.17. The molecule has 2 aromatic carbocycles. The van der Waals surface area contributed by atoms with E-state index in [1.165, 1.54) is 5.56 Å². The van der Waals surface area contributed by atoms with Gasteiger partial charge < -0.3 is 10.3 Å². The predicted molar refractivity (Wildman–Crippen MR) is 101 cm³/mol. The first kappa shape index (κ1) is 15.9. The van der Waals surface area contributed by atoms with Gasteiger partial charge in [-0.05, 0) is 36.1 Å². The molecule has 4 rings (SSSR count). The lowest BCUT2D eigenvalue weighted by atomic mass is 9.96. The van der Waals surface area contributed by atoms with Gasteiger partial charge in [0.2, 0.25) is 0 Å². The first-order valence-corrected chi connectivity index (χ1v) is 8.69. The Morgan fingerprint density at radius 1 is 1.08 bits per heavy atom. The van der Waals surface area contributed by atoms with Gasteiger partial charge in [0.05, 0.1) is 11.9 Å². The molecular weight excluding hydrogens is 334 g/mol. The number of aromatic nitrogens is 2. The van der Waals surface area contributed by atoms with Crippen molar-refractivity contribution in [1.82, 2.24) is 9.97 Å². The average molecular weight is 352 g/mol. The van der Waals surface area contributed by atoms with E-state index in [2.05, 4.69) is 27.4 Å². The van der Waals surface area contributed by atoms with Gasteiger partial charge in [-0.25, -0.2) is 4.98 Å². The molecule has 0 aliphatic heterocycles. The summed E-state index contributed by atoms with van der Waals surface area (Å²) in [4.78, 5) is 19.5. The van der Waals surface area contributed by atoms with Crippen molar-refractivity contribution in [2.75, 3.05) is 11.9 Å². The lowest BCUT2D eigenvalue weighted by molar-refractivity contribution is 0.729.